The molecular weight excluding hydrogens is 270 g/mol. The van der Waals surface area contributed by atoms with E-state index in [0.717, 1.165) is 24.6 Å². The molecule has 2 atom stereocenters. The van der Waals surface area contributed by atoms with Crippen LogP contribution in [0, 0.1) is 11.3 Å². The first-order valence-electron chi connectivity index (χ1n) is 7.49. The van der Waals surface area contributed by atoms with Crippen molar-refractivity contribution in [1.29, 1.82) is 0 Å². The summed E-state index contributed by atoms with van der Waals surface area (Å²) in [7, 11) is 0. The fourth-order valence-electron chi connectivity index (χ4n) is 2.67. The average molecular weight is 296 g/mol. The zero-order valence-electron chi connectivity index (χ0n) is 12.9. The Morgan fingerprint density at radius 1 is 1.30 bits per heavy atom. The second-order valence-corrected chi connectivity index (χ2v) is 7.27. The maximum Gasteiger partial charge on any atom is 0.0656 e. The van der Waals surface area contributed by atoms with Gasteiger partial charge in [0, 0.05) is 29.6 Å². The fraction of sp³-hybridized carbons (Fsp3) is 0.647. The molecular formula is C17H26ClNO. The summed E-state index contributed by atoms with van der Waals surface area (Å²) in [5.41, 5.74) is 1.48. The lowest BCUT2D eigenvalue weighted by molar-refractivity contribution is -0.124. The molecule has 1 aliphatic carbocycles. The van der Waals surface area contributed by atoms with Crippen molar-refractivity contribution in [2.24, 2.45) is 11.3 Å². The molecule has 0 heterocycles. The number of nitrogens with one attached hydrogen (secondary N) is 1. The van der Waals surface area contributed by atoms with Crippen molar-refractivity contribution in [1.82, 2.24) is 5.32 Å². The predicted octanol–water partition coefficient (Wildman–Crippen LogP) is 4.27. The molecule has 1 aromatic carbocycles. The molecule has 2 rings (SSSR count). The Kier molecular flexibility index (Phi) is 5.11. The Balaban J connectivity index is 1.79. The van der Waals surface area contributed by atoms with Gasteiger partial charge in [-0.05, 0) is 30.0 Å². The fourth-order valence-corrected chi connectivity index (χ4v) is 2.79. The maximum absolute atomic E-state index is 6.00. The number of rotatable bonds is 6. The molecule has 0 bridgehead atoms. The van der Waals surface area contributed by atoms with E-state index in [1.54, 1.807) is 0 Å². The molecule has 1 fully saturated rings. The van der Waals surface area contributed by atoms with Crippen molar-refractivity contribution in [2.45, 2.75) is 52.8 Å². The lowest BCUT2D eigenvalue weighted by Crippen LogP contribution is -2.60. The minimum atomic E-state index is 0.210. The summed E-state index contributed by atoms with van der Waals surface area (Å²) in [6, 6.07) is 8.56. The van der Waals surface area contributed by atoms with Gasteiger partial charge >= 0.3 is 0 Å². The van der Waals surface area contributed by atoms with Crippen LogP contribution in [0.25, 0.3) is 0 Å². The summed E-state index contributed by atoms with van der Waals surface area (Å²) in [5, 5.41) is 4.43. The Hall–Kier alpha value is -0.570. The third-order valence-electron chi connectivity index (χ3n) is 4.27. The summed E-state index contributed by atoms with van der Waals surface area (Å²) in [6.45, 7) is 10.7. The minimum Gasteiger partial charge on any atom is -0.377 e. The van der Waals surface area contributed by atoms with E-state index in [-0.39, 0.29) is 5.41 Å². The van der Waals surface area contributed by atoms with E-state index in [1.807, 2.05) is 12.1 Å². The zero-order chi connectivity index (χ0) is 14.8. The van der Waals surface area contributed by atoms with E-state index >= 15 is 0 Å². The van der Waals surface area contributed by atoms with Crippen LogP contribution >= 0.6 is 11.6 Å². The summed E-state index contributed by atoms with van der Waals surface area (Å²) < 4.78 is 6.00. The molecule has 0 saturated heterocycles. The first-order chi connectivity index (χ1) is 9.39. The third-order valence-corrected chi connectivity index (χ3v) is 4.53. The van der Waals surface area contributed by atoms with Crippen LogP contribution in [0.15, 0.2) is 24.3 Å². The second-order valence-electron chi connectivity index (χ2n) is 6.83. The summed E-state index contributed by atoms with van der Waals surface area (Å²) in [5.74, 6) is 0.604. The van der Waals surface area contributed by atoms with Gasteiger partial charge < -0.3 is 10.1 Å². The Morgan fingerprint density at radius 2 is 1.95 bits per heavy atom. The first-order valence-corrected chi connectivity index (χ1v) is 7.87. The van der Waals surface area contributed by atoms with Gasteiger partial charge in [-0.1, -0.05) is 51.4 Å². The molecule has 0 aliphatic heterocycles. The molecule has 1 aromatic rings. The van der Waals surface area contributed by atoms with Crippen LogP contribution in [0.5, 0.6) is 0 Å². The molecule has 0 aromatic heterocycles. The van der Waals surface area contributed by atoms with Gasteiger partial charge in [-0.15, -0.1) is 0 Å². The largest absolute Gasteiger partial charge is 0.377 e. The first kappa shape index (κ1) is 15.8. The van der Waals surface area contributed by atoms with Crippen molar-refractivity contribution in [3.8, 4) is 0 Å². The van der Waals surface area contributed by atoms with Crippen molar-refractivity contribution in [3.05, 3.63) is 34.9 Å². The lowest BCUT2D eigenvalue weighted by atomic mass is 9.64. The SMILES string of the molecule is CC(C)COC1CC(NCc2ccc(Cl)cc2)C1(C)C. The van der Waals surface area contributed by atoms with E-state index in [9.17, 15) is 0 Å². The van der Waals surface area contributed by atoms with E-state index < -0.39 is 0 Å². The Morgan fingerprint density at radius 3 is 2.50 bits per heavy atom. The summed E-state index contributed by atoms with van der Waals surface area (Å²) in [4.78, 5) is 0. The van der Waals surface area contributed by atoms with E-state index in [4.69, 9.17) is 16.3 Å². The lowest BCUT2D eigenvalue weighted by Gasteiger charge is -2.52. The van der Waals surface area contributed by atoms with Gasteiger partial charge in [0.25, 0.3) is 0 Å². The molecule has 3 heteroatoms. The topological polar surface area (TPSA) is 21.3 Å². The Labute approximate surface area is 127 Å². The van der Waals surface area contributed by atoms with Crippen LogP contribution in [-0.4, -0.2) is 18.8 Å². The van der Waals surface area contributed by atoms with E-state index in [2.05, 4.69) is 45.1 Å². The third kappa shape index (κ3) is 3.75. The summed E-state index contributed by atoms with van der Waals surface area (Å²) >= 11 is 5.90. The average Bonchev–Trinajstić information content (AvgIpc) is 2.38. The van der Waals surface area contributed by atoms with Gasteiger partial charge in [0.1, 0.15) is 0 Å². The molecule has 2 unspecified atom stereocenters. The molecule has 20 heavy (non-hydrogen) atoms. The normalized spacial score (nSPS) is 24.7. The van der Waals surface area contributed by atoms with Gasteiger partial charge in [-0.25, -0.2) is 0 Å². The van der Waals surface area contributed by atoms with Crippen molar-refractivity contribution >= 4 is 11.6 Å². The van der Waals surface area contributed by atoms with Crippen LogP contribution in [0.2, 0.25) is 5.02 Å². The van der Waals surface area contributed by atoms with Crippen molar-refractivity contribution in [2.75, 3.05) is 6.61 Å². The molecule has 1 aliphatic rings. The van der Waals surface area contributed by atoms with Gasteiger partial charge in [0.05, 0.1) is 6.10 Å². The highest BCUT2D eigenvalue weighted by Crippen LogP contribution is 2.43. The van der Waals surface area contributed by atoms with Crippen LogP contribution in [-0.2, 0) is 11.3 Å². The second kappa shape index (κ2) is 6.46. The standard InChI is InChI=1S/C17H26ClNO/c1-12(2)11-20-16-9-15(17(16,3)4)19-10-13-5-7-14(18)8-6-13/h5-8,12,15-16,19H,9-11H2,1-4H3. The number of halogens is 1. The monoisotopic (exact) mass is 295 g/mol. The van der Waals surface area contributed by atoms with Crippen LogP contribution in [0.4, 0.5) is 0 Å². The van der Waals surface area contributed by atoms with Crippen LogP contribution in [0.3, 0.4) is 0 Å². The number of hydrogen-bond acceptors (Lipinski definition) is 2. The minimum absolute atomic E-state index is 0.210. The highest BCUT2D eigenvalue weighted by atomic mass is 35.5. The van der Waals surface area contributed by atoms with Crippen LogP contribution < -0.4 is 5.32 Å². The van der Waals surface area contributed by atoms with E-state index in [0.29, 0.717) is 18.1 Å². The number of hydrogen-bond donors (Lipinski definition) is 1. The molecule has 0 amide bonds. The molecule has 1 saturated carbocycles. The predicted molar refractivity (Wildman–Crippen MR) is 85.1 cm³/mol. The Bertz CT molecular complexity index is 427. The molecule has 2 nitrogen and oxygen atoms in total. The molecule has 1 N–H and O–H groups in total. The quantitative estimate of drug-likeness (QED) is 0.846. The maximum atomic E-state index is 6.00. The van der Waals surface area contributed by atoms with Gasteiger partial charge in [-0.2, -0.15) is 0 Å². The van der Waals surface area contributed by atoms with Crippen LogP contribution in [0.1, 0.15) is 39.7 Å². The van der Waals surface area contributed by atoms with Gasteiger partial charge in [0.2, 0.25) is 0 Å². The highest BCUT2D eigenvalue weighted by molar-refractivity contribution is 6.30. The molecule has 0 radical (unpaired) electrons. The van der Waals surface area contributed by atoms with E-state index in [1.165, 1.54) is 5.56 Å². The van der Waals surface area contributed by atoms with Crippen molar-refractivity contribution in [3.63, 3.8) is 0 Å². The number of benzene rings is 1. The van der Waals surface area contributed by atoms with Gasteiger partial charge in [0.15, 0.2) is 0 Å². The smallest absolute Gasteiger partial charge is 0.0656 e. The summed E-state index contributed by atoms with van der Waals surface area (Å²) in [6.07, 6.45) is 1.49. The molecule has 0 spiro atoms. The van der Waals surface area contributed by atoms with Gasteiger partial charge in [-0.3, -0.25) is 0 Å². The molecule has 112 valence electrons. The zero-order valence-corrected chi connectivity index (χ0v) is 13.7. The van der Waals surface area contributed by atoms with Crippen molar-refractivity contribution < 1.29 is 4.74 Å². The highest BCUT2D eigenvalue weighted by Gasteiger charge is 2.48. The number of ether oxygens (including phenoxy) is 1.